The Labute approximate surface area is 103 Å². The molecule has 0 bridgehead atoms. The van der Waals surface area contributed by atoms with Gasteiger partial charge in [0.05, 0.1) is 6.26 Å². The largest absolute Gasteiger partial charge is 0.465 e. The lowest BCUT2D eigenvalue weighted by Crippen LogP contribution is -1.80. The highest BCUT2D eigenvalue weighted by Crippen LogP contribution is 2.07. The van der Waals surface area contributed by atoms with Gasteiger partial charge in [0, 0.05) is 0 Å². The molecule has 17 heavy (non-hydrogen) atoms. The van der Waals surface area contributed by atoms with Gasteiger partial charge in [-0.2, -0.15) is 0 Å². The van der Waals surface area contributed by atoms with Gasteiger partial charge in [0.15, 0.2) is 0 Å². The fraction of sp³-hybridized carbons (Fsp3) is 0.125. The molecule has 0 fully saturated rings. The molecule has 0 aromatic heterocycles. The number of rotatable bonds is 5. The van der Waals surface area contributed by atoms with Crippen molar-refractivity contribution >= 4 is 6.08 Å². The van der Waals surface area contributed by atoms with Gasteiger partial charge >= 0.3 is 0 Å². The summed E-state index contributed by atoms with van der Waals surface area (Å²) in [4.78, 5) is 0. The minimum absolute atomic E-state index is 0.800. The Morgan fingerprint density at radius 3 is 2.82 bits per heavy atom. The highest BCUT2D eigenvalue weighted by atomic mass is 16.5. The van der Waals surface area contributed by atoms with E-state index >= 15 is 0 Å². The fourth-order valence-corrected chi connectivity index (χ4v) is 1.33. The van der Waals surface area contributed by atoms with E-state index in [0.29, 0.717) is 0 Å². The molecule has 0 atom stereocenters. The molecule has 0 aliphatic carbocycles. The highest BCUT2D eigenvalue weighted by molar-refractivity contribution is 5.49. The van der Waals surface area contributed by atoms with Crippen LogP contribution in [0.2, 0.25) is 0 Å². The third-order valence-corrected chi connectivity index (χ3v) is 2.19. The molecule has 1 aromatic rings. The topological polar surface area (TPSA) is 9.23 Å². The summed E-state index contributed by atoms with van der Waals surface area (Å²) >= 11 is 0. The number of aryl methyl sites for hydroxylation is 1. The molecule has 1 heteroatoms. The third-order valence-electron chi connectivity index (χ3n) is 2.19. The molecule has 0 radical (unpaired) electrons. The van der Waals surface area contributed by atoms with Crippen molar-refractivity contribution in [1.82, 2.24) is 0 Å². The number of hydrogen-bond donors (Lipinski definition) is 0. The van der Waals surface area contributed by atoms with Crippen LogP contribution in [0.15, 0.2) is 67.2 Å². The Morgan fingerprint density at radius 2 is 2.18 bits per heavy atom. The van der Waals surface area contributed by atoms with E-state index in [1.54, 1.807) is 12.3 Å². The molecule has 1 aromatic carbocycles. The molecule has 1 rings (SSSR count). The predicted octanol–water partition coefficient (Wildman–Crippen LogP) is 4.63. The number of benzene rings is 1. The van der Waals surface area contributed by atoms with Crippen LogP contribution in [0.1, 0.15) is 18.1 Å². The van der Waals surface area contributed by atoms with Gasteiger partial charge in [-0.1, -0.05) is 48.6 Å². The van der Waals surface area contributed by atoms with E-state index < -0.39 is 0 Å². The molecule has 0 N–H and O–H groups in total. The van der Waals surface area contributed by atoms with Crippen LogP contribution < -0.4 is 0 Å². The summed E-state index contributed by atoms with van der Waals surface area (Å²) in [6, 6.07) is 8.25. The second kappa shape index (κ2) is 7.29. The van der Waals surface area contributed by atoms with Gasteiger partial charge in [0.25, 0.3) is 0 Å². The van der Waals surface area contributed by atoms with Crippen LogP contribution >= 0.6 is 0 Å². The molecule has 0 aliphatic rings. The summed E-state index contributed by atoms with van der Waals surface area (Å²) < 4.78 is 5.48. The van der Waals surface area contributed by atoms with Crippen LogP contribution in [0.25, 0.3) is 6.08 Å². The van der Waals surface area contributed by atoms with Crippen molar-refractivity contribution in [2.45, 2.75) is 13.8 Å². The van der Waals surface area contributed by atoms with Crippen molar-refractivity contribution in [3.63, 3.8) is 0 Å². The maximum atomic E-state index is 5.48. The van der Waals surface area contributed by atoms with Crippen LogP contribution in [-0.2, 0) is 4.74 Å². The Kier molecular flexibility index (Phi) is 5.59. The van der Waals surface area contributed by atoms with Crippen LogP contribution in [0.4, 0.5) is 0 Å². The standard InChI is InChI=1S/C16H18O/c1-4-6-10-16(5-2)17-12-11-15-9-7-8-14(3)13-15/h4-13H,1H2,2-3H3/b10-6-,12-11+,16-5+. The van der Waals surface area contributed by atoms with Crippen molar-refractivity contribution in [3.05, 3.63) is 78.3 Å². The first-order valence-corrected chi connectivity index (χ1v) is 5.61. The van der Waals surface area contributed by atoms with Crippen molar-refractivity contribution in [2.75, 3.05) is 0 Å². The van der Waals surface area contributed by atoms with E-state index in [2.05, 4.69) is 25.6 Å². The van der Waals surface area contributed by atoms with Gasteiger partial charge in [-0.3, -0.25) is 0 Å². The lowest BCUT2D eigenvalue weighted by atomic mass is 10.1. The van der Waals surface area contributed by atoms with Gasteiger partial charge in [-0.05, 0) is 37.6 Å². The zero-order chi connectivity index (χ0) is 12.5. The summed E-state index contributed by atoms with van der Waals surface area (Å²) in [7, 11) is 0. The number of hydrogen-bond acceptors (Lipinski definition) is 1. The number of ether oxygens (including phenoxy) is 1. The lowest BCUT2D eigenvalue weighted by Gasteiger charge is -2.00. The smallest absolute Gasteiger partial charge is 0.122 e. The molecule has 88 valence electrons. The van der Waals surface area contributed by atoms with Crippen molar-refractivity contribution in [3.8, 4) is 0 Å². The van der Waals surface area contributed by atoms with E-state index in [9.17, 15) is 0 Å². The zero-order valence-corrected chi connectivity index (χ0v) is 10.4. The Balaban J connectivity index is 2.60. The molecule has 0 spiro atoms. The normalized spacial score (nSPS) is 12.2. The maximum Gasteiger partial charge on any atom is 0.122 e. The molecule has 0 saturated carbocycles. The minimum Gasteiger partial charge on any atom is -0.465 e. The summed E-state index contributed by atoms with van der Waals surface area (Å²) in [5.41, 5.74) is 2.37. The summed E-state index contributed by atoms with van der Waals surface area (Å²) in [6.45, 7) is 7.62. The van der Waals surface area contributed by atoms with Gasteiger partial charge in [-0.25, -0.2) is 0 Å². The quantitative estimate of drug-likeness (QED) is 0.525. The maximum absolute atomic E-state index is 5.48. The van der Waals surface area contributed by atoms with Gasteiger partial charge < -0.3 is 4.74 Å². The average Bonchev–Trinajstić information content (AvgIpc) is 2.33. The second-order valence-electron chi connectivity index (χ2n) is 3.62. The Hall–Kier alpha value is -2.02. The first-order valence-electron chi connectivity index (χ1n) is 5.61. The van der Waals surface area contributed by atoms with Crippen molar-refractivity contribution < 1.29 is 4.74 Å². The van der Waals surface area contributed by atoms with Crippen LogP contribution in [0.3, 0.4) is 0 Å². The predicted molar refractivity (Wildman–Crippen MR) is 74.4 cm³/mol. The van der Waals surface area contributed by atoms with Crippen molar-refractivity contribution in [1.29, 1.82) is 0 Å². The molecule has 0 aliphatic heterocycles. The molecular formula is C16H18O. The second-order valence-corrected chi connectivity index (χ2v) is 3.62. The summed E-state index contributed by atoms with van der Waals surface area (Å²) in [5.74, 6) is 0.800. The van der Waals surface area contributed by atoms with Crippen LogP contribution in [0.5, 0.6) is 0 Å². The first-order chi connectivity index (χ1) is 8.26. The summed E-state index contributed by atoms with van der Waals surface area (Å²) in [5, 5.41) is 0. The molecule has 1 nitrogen and oxygen atoms in total. The Bertz CT molecular complexity index is 450. The highest BCUT2D eigenvalue weighted by Gasteiger charge is 1.89. The van der Waals surface area contributed by atoms with Crippen molar-refractivity contribution in [2.24, 2.45) is 0 Å². The van der Waals surface area contributed by atoms with E-state index in [4.69, 9.17) is 4.74 Å². The number of allylic oxidation sites excluding steroid dienone is 4. The Morgan fingerprint density at radius 1 is 1.35 bits per heavy atom. The van der Waals surface area contributed by atoms with Crippen LogP contribution in [0, 0.1) is 6.92 Å². The molecule has 0 saturated heterocycles. The first kappa shape index (κ1) is 13.0. The van der Waals surface area contributed by atoms with Gasteiger partial charge in [-0.15, -0.1) is 0 Å². The molecule has 0 unspecified atom stereocenters. The van der Waals surface area contributed by atoms with Gasteiger partial charge in [0.1, 0.15) is 5.76 Å². The molecule has 0 heterocycles. The average molecular weight is 226 g/mol. The van der Waals surface area contributed by atoms with Crippen LogP contribution in [-0.4, -0.2) is 0 Å². The van der Waals surface area contributed by atoms with E-state index in [-0.39, 0.29) is 0 Å². The fourth-order valence-electron chi connectivity index (χ4n) is 1.33. The SMILES string of the molecule is C=C/C=C\C(=C/C)O/C=C/c1cccc(C)c1. The van der Waals surface area contributed by atoms with Gasteiger partial charge in [0.2, 0.25) is 0 Å². The third kappa shape index (κ3) is 5.03. The van der Waals surface area contributed by atoms with E-state index in [0.717, 1.165) is 11.3 Å². The summed E-state index contributed by atoms with van der Waals surface area (Å²) in [6.07, 6.45) is 11.0. The zero-order valence-electron chi connectivity index (χ0n) is 10.4. The van der Waals surface area contributed by atoms with E-state index in [1.165, 1.54) is 5.56 Å². The van der Waals surface area contributed by atoms with E-state index in [1.807, 2.05) is 43.4 Å². The minimum atomic E-state index is 0.800. The molecular weight excluding hydrogens is 208 g/mol. The monoisotopic (exact) mass is 226 g/mol. The lowest BCUT2D eigenvalue weighted by molar-refractivity contribution is 0.371. The molecule has 0 amide bonds.